The number of aromatic nitrogens is 1. The van der Waals surface area contributed by atoms with Gasteiger partial charge in [0, 0.05) is 41.4 Å². The third kappa shape index (κ3) is 4.28. The van der Waals surface area contributed by atoms with Crippen molar-refractivity contribution in [2.45, 2.75) is 0 Å². The van der Waals surface area contributed by atoms with E-state index in [1.165, 1.54) is 48.8 Å². The van der Waals surface area contributed by atoms with Crippen molar-refractivity contribution in [3.63, 3.8) is 0 Å². The fraction of sp³-hybridized carbons (Fsp3) is 0. The number of hydrazone groups is 1. The van der Waals surface area contributed by atoms with Gasteiger partial charge in [0.15, 0.2) is 0 Å². The Hall–Kier alpha value is -4.45. The van der Waals surface area contributed by atoms with E-state index in [-0.39, 0.29) is 22.5 Å². The van der Waals surface area contributed by atoms with Gasteiger partial charge in [-0.1, -0.05) is 23.5 Å². The van der Waals surface area contributed by atoms with Gasteiger partial charge in [0.1, 0.15) is 5.58 Å². The second-order valence-electron chi connectivity index (χ2n) is 6.18. The van der Waals surface area contributed by atoms with Crippen molar-refractivity contribution in [2.75, 3.05) is 5.43 Å². The largest absolute Gasteiger partial charge is 0.422 e. The molecule has 0 atom stereocenters. The predicted molar refractivity (Wildman–Crippen MR) is 115 cm³/mol. The van der Waals surface area contributed by atoms with E-state index in [4.69, 9.17) is 4.42 Å². The molecular weight excluding hydrogens is 426 g/mol. The zero-order valence-electron chi connectivity index (χ0n) is 15.4. The van der Waals surface area contributed by atoms with Gasteiger partial charge in [-0.15, -0.1) is 0 Å². The maximum atomic E-state index is 12.3. The zero-order chi connectivity index (χ0) is 22.0. The number of fused-ring (bicyclic) bond motifs is 1. The van der Waals surface area contributed by atoms with Gasteiger partial charge in [-0.3, -0.25) is 25.7 Å². The lowest BCUT2D eigenvalue weighted by Gasteiger charge is -2.00. The molecule has 11 nitrogen and oxygen atoms in total. The molecule has 1 N–H and O–H groups in total. The van der Waals surface area contributed by atoms with Crippen LogP contribution >= 0.6 is 11.3 Å². The van der Waals surface area contributed by atoms with Crippen LogP contribution in [0.4, 0.5) is 16.5 Å². The highest BCUT2D eigenvalue weighted by molar-refractivity contribution is 7.18. The van der Waals surface area contributed by atoms with Crippen molar-refractivity contribution in [2.24, 2.45) is 5.10 Å². The maximum absolute atomic E-state index is 12.3. The maximum Gasteiger partial charge on any atom is 0.345 e. The quantitative estimate of drug-likeness (QED) is 0.204. The van der Waals surface area contributed by atoms with Crippen LogP contribution in [0.1, 0.15) is 5.56 Å². The molecular formula is C19H11N5O6S. The molecule has 0 spiro atoms. The van der Waals surface area contributed by atoms with Crippen LogP contribution in [0.3, 0.4) is 0 Å². The minimum Gasteiger partial charge on any atom is -0.422 e. The number of nitrogens with one attached hydrogen (secondary N) is 1. The monoisotopic (exact) mass is 437 g/mol. The highest BCUT2D eigenvalue weighted by Gasteiger charge is 2.14. The Morgan fingerprint density at radius 2 is 1.84 bits per heavy atom. The second kappa shape index (κ2) is 8.12. The summed E-state index contributed by atoms with van der Waals surface area (Å²) in [5.74, 6) is 0. The minimum absolute atomic E-state index is 0.0521. The van der Waals surface area contributed by atoms with Gasteiger partial charge >= 0.3 is 5.63 Å². The van der Waals surface area contributed by atoms with Gasteiger partial charge in [0.05, 0.1) is 26.5 Å². The van der Waals surface area contributed by atoms with E-state index < -0.39 is 15.5 Å². The van der Waals surface area contributed by atoms with Crippen LogP contribution in [-0.4, -0.2) is 21.0 Å². The van der Waals surface area contributed by atoms with Gasteiger partial charge in [0.25, 0.3) is 11.4 Å². The molecule has 2 aromatic heterocycles. The van der Waals surface area contributed by atoms with Crippen LogP contribution < -0.4 is 11.1 Å². The number of nitro benzene ring substituents is 2. The normalized spacial score (nSPS) is 11.1. The fourth-order valence-electron chi connectivity index (χ4n) is 2.73. The summed E-state index contributed by atoms with van der Waals surface area (Å²) in [4.78, 5) is 37.7. The highest BCUT2D eigenvalue weighted by Crippen LogP contribution is 2.30. The predicted octanol–water partition coefficient (Wildman–Crippen LogP) is 4.18. The molecule has 0 aliphatic rings. The Morgan fingerprint density at radius 1 is 1.06 bits per heavy atom. The summed E-state index contributed by atoms with van der Waals surface area (Å²) < 4.78 is 5.26. The smallest absolute Gasteiger partial charge is 0.345 e. The molecule has 0 bridgehead atoms. The van der Waals surface area contributed by atoms with E-state index in [1.54, 1.807) is 12.1 Å². The summed E-state index contributed by atoms with van der Waals surface area (Å²) in [5.41, 5.74) is 2.90. The first-order valence-electron chi connectivity index (χ1n) is 8.63. The second-order valence-corrected chi connectivity index (χ2v) is 7.21. The molecule has 4 aromatic rings. The van der Waals surface area contributed by atoms with Crippen LogP contribution in [0, 0.1) is 20.2 Å². The van der Waals surface area contributed by atoms with Crippen LogP contribution in [0.5, 0.6) is 0 Å². The Kier molecular flexibility index (Phi) is 5.20. The lowest BCUT2D eigenvalue weighted by Crippen LogP contribution is -2.01. The minimum atomic E-state index is -0.600. The molecule has 0 fully saturated rings. The number of nitro groups is 2. The third-order valence-corrected chi connectivity index (χ3v) is 5.09. The molecule has 31 heavy (non-hydrogen) atoms. The molecule has 0 aliphatic heterocycles. The average Bonchev–Trinajstić information content (AvgIpc) is 3.21. The van der Waals surface area contributed by atoms with E-state index in [9.17, 15) is 25.0 Å². The van der Waals surface area contributed by atoms with E-state index in [0.29, 0.717) is 21.0 Å². The molecule has 0 saturated heterocycles. The molecule has 0 saturated carbocycles. The van der Waals surface area contributed by atoms with Gasteiger partial charge < -0.3 is 4.42 Å². The van der Waals surface area contributed by atoms with Crippen molar-refractivity contribution in [1.82, 2.24) is 4.98 Å². The van der Waals surface area contributed by atoms with Gasteiger partial charge in [-0.05, 0) is 12.1 Å². The topological polar surface area (TPSA) is 154 Å². The Labute approximate surface area is 176 Å². The number of non-ortho nitro benzene ring substituents is 2. The summed E-state index contributed by atoms with van der Waals surface area (Å²) in [6.45, 7) is 0. The van der Waals surface area contributed by atoms with Crippen LogP contribution in [0.25, 0.3) is 21.4 Å². The van der Waals surface area contributed by atoms with E-state index in [1.807, 2.05) is 0 Å². The van der Waals surface area contributed by atoms with Crippen molar-refractivity contribution >= 4 is 45.0 Å². The Bertz CT molecular complexity index is 1410. The number of anilines is 1. The lowest BCUT2D eigenvalue weighted by atomic mass is 10.1. The SMILES string of the molecule is O=c1oc2ccc([N+](=O)[O-])cc2cc1-c1cnc(NN=Cc2cccc([N+](=O)[O-])c2)s1. The van der Waals surface area contributed by atoms with Crippen molar-refractivity contribution in [3.05, 3.63) is 90.9 Å². The van der Waals surface area contributed by atoms with Gasteiger partial charge in [-0.2, -0.15) is 5.10 Å². The first-order chi connectivity index (χ1) is 14.9. The number of benzene rings is 2. The summed E-state index contributed by atoms with van der Waals surface area (Å²) >= 11 is 1.12. The molecule has 0 radical (unpaired) electrons. The molecule has 0 aliphatic carbocycles. The number of hydrogen-bond donors (Lipinski definition) is 1. The molecule has 2 heterocycles. The van der Waals surface area contributed by atoms with Crippen molar-refractivity contribution < 1.29 is 14.3 Å². The number of hydrogen-bond acceptors (Lipinski definition) is 10. The fourth-order valence-corrected chi connectivity index (χ4v) is 3.50. The Balaban J connectivity index is 1.57. The summed E-state index contributed by atoms with van der Waals surface area (Å²) in [5, 5.41) is 26.6. The lowest BCUT2D eigenvalue weighted by molar-refractivity contribution is -0.385. The Morgan fingerprint density at radius 3 is 2.61 bits per heavy atom. The third-order valence-electron chi connectivity index (χ3n) is 4.15. The van der Waals surface area contributed by atoms with E-state index in [0.717, 1.165) is 11.3 Å². The summed E-state index contributed by atoms with van der Waals surface area (Å²) in [6, 6.07) is 11.4. The molecule has 0 amide bonds. The summed E-state index contributed by atoms with van der Waals surface area (Å²) in [6.07, 6.45) is 2.85. The first kappa shape index (κ1) is 19.8. The van der Waals surface area contributed by atoms with E-state index in [2.05, 4.69) is 15.5 Å². The van der Waals surface area contributed by atoms with Crippen LogP contribution in [0.2, 0.25) is 0 Å². The molecule has 2 aromatic carbocycles. The number of rotatable bonds is 6. The zero-order valence-corrected chi connectivity index (χ0v) is 16.2. The van der Waals surface area contributed by atoms with E-state index >= 15 is 0 Å². The summed E-state index contributed by atoms with van der Waals surface area (Å²) in [7, 11) is 0. The van der Waals surface area contributed by atoms with Crippen LogP contribution in [0.15, 0.2) is 69.0 Å². The standard InChI is InChI=1S/C19H11N5O6S/c25-18-15(8-12-7-14(24(28)29)4-5-16(12)30-18)17-10-20-19(31-17)22-21-9-11-2-1-3-13(6-11)23(26)27/h1-10H,(H,20,22). The highest BCUT2D eigenvalue weighted by atomic mass is 32.1. The molecule has 4 rings (SSSR count). The van der Waals surface area contributed by atoms with Crippen molar-refractivity contribution in [3.8, 4) is 10.4 Å². The van der Waals surface area contributed by atoms with Gasteiger partial charge in [0.2, 0.25) is 5.13 Å². The average molecular weight is 437 g/mol. The molecule has 0 unspecified atom stereocenters. The number of nitrogens with zero attached hydrogens (tertiary/aromatic N) is 4. The molecule has 12 heteroatoms. The first-order valence-corrected chi connectivity index (χ1v) is 9.44. The molecule has 154 valence electrons. The van der Waals surface area contributed by atoms with Crippen LogP contribution in [-0.2, 0) is 0 Å². The van der Waals surface area contributed by atoms with Crippen molar-refractivity contribution in [1.29, 1.82) is 0 Å². The van der Waals surface area contributed by atoms with Gasteiger partial charge in [-0.25, -0.2) is 9.78 Å². The number of thiazole rings is 1.